The Hall–Kier alpha value is -3.13. The Morgan fingerprint density at radius 3 is 2.32 bits per heavy atom. The molecule has 0 spiro atoms. The summed E-state index contributed by atoms with van der Waals surface area (Å²) < 4.78 is 15.4. The number of halogens is 1. The molecule has 1 aromatic heterocycles. The minimum atomic E-state index is -0.456. The second-order valence-electron chi connectivity index (χ2n) is 8.73. The molecule has 0 aliphatic carbocycles. The van der Waals surface area contributed by atoms with Crippen molar-refractivity contribution in [3.05, 3.63) is 65.6 Å². The number of para-hydroxylation sites is 1. The molecule has 2 aromatic carbocycles. The van der Waals surface area contributed by atoms with Gasteiger partial charge in [-0.2, -0.15) is 0 Å². The molecule has 2 N–H and O–H groups in total. The quantitative estimate of drug-likeness (QED) is 0.411. The summed E-state index contributed by atoms with van der Waals surface area (Å²) in [6.07, 6.45) is 1.75. The lowest BCUT2D eigenvalue weighted by molar-refractivity contribution is -0.123. The van der Waals surface area contributed by atoms with Crippen LogP contribution in [0.1, 0.15) is 31.9 Å². The van der Waals surface area contributed by atoms with Crippen molar-refractivity contribution in [2.75, 3.05) is 11.9 Å². The summed E-state index contributed by atoms with van der Waals surface area (Å²) in [6, 6.07) is 12.1. The Bertz CT molecular complexity index is 1140. The number of benzene rings is 2. The molecule has 3 aromatic rings. The zero-order valence-electron chi connectivity index (χ0n) is 20.2. The average molecular weight is 483 g/mol. The van der Waals surface area contributed by atoms with Gasteiger partial charge in [-0.25, -0.2) is 9.37 Å². The fraction of sp³-hybridized carbons (Fsp3) is 0.346. The second-order valence-corrected chi connectivity index (χ2v) is 10.0. The van der Waals surface area contributed by atoms with Crippen molar-refractivity contribution < 1.29 is 14.0 Å². The summed E-state index contributed by atoms with van der Waals surface area (Å²) >= 11 is 1.33. The molecule has 3 rings (SSSR count). The molecule has 0 bridgehead atoms. The highest BCUT2D eigenvalue weighted by Gasteiger charge is 2.21. The van der Waals surface area contributed by atoms with Crippen LogP contribution in [0.2, 0.25) is 0 Å². The van der Waals surface area contributed by atoms with Crippen molar-refractivity contribution in [1.29, 1.82) is 0 Å². The smallest absolute Gasteiger partial charge is 0.243 e. The van der Waals surface area contributed by atoms with Gasteiger partial charge in [-0.15, -0.1) is 0 Å². The van der Waals surface area contributed by atoms with E-state index in [1.54, 1.807) is 25.3 Å². The van der Waals surface area contributed by atoms with Gasteiger partial charge in [0.15, 0.2) is 5.16 Å². The average Bonchev–Trinajstić information content (AvgIpc) is 3.16. The Kier molecular flexibility index (Phi) is 8.50. The molecule has 0 fully saturated rings. The van der Waals surface area contributed by atoms with Crippen LogP contribution in [0.25, 0.3) is 11.3 Å². The second kappa shape index (κ2) is 11.3. The molecule has 0 saturated carbocycles. The monoisotopic (exact) mass is 482 g/mol. The van der Waals surface area contributed by atoms with E-state index in [1.165, 1.54) is 23.9 Å². The maximum absolute atomic E-state index is 13.4. The van der Waals surface area contributed by atoms with Gasteiger partial charge in [0.05, 0.1) is 23.7 Å². The van der Waals surface area contributed by atoms with Crippen LogP contribution in [-0.2, 0) is 16.1 Å². The highest BCUT2D eigenvalue weighted by Crippen LogP contribution is 2.29. The number of rotatable bonds is 9. The van der Waals surface area contributed by atoms with Crippen LogP contribution >= 0.6 is 11.8 Å². The molecule has 0 radical (unpaired) electrons. The van der Waals surface area contributed by atoms with Crippen LogP contribution in [0.4, 0.5) is 10.1 Å². The molecule has 180 valence electrons. The van der Waals surface area contributed by atoms with Crippen molar-refractivity contribution in [2.24, 2.45) is 5.92 Å². The first-order valence-electron chi connectivity index (χ1n) is 11.3. The zero-order chi connectivity index (χ0) is 24.8. The van der Waals surface area contributed by atoms with Crippen molar-refractivity contribution in [2.45, 2.75) is 51.6 Å². The highest BCUT2D eigenvalue weighted by molar-refractivity contribution is 8.00. The summed E-state index contributed by atoms with van der Waals surface area (Å²) in [4.78, 5) is 29.6. The van der Waals surface area contributed by atoms with Gasteiger partial charge in [-0.1, -0.05) is 43.8 Å². The molecule has 34 heavy (non-hydrogen) atoms. The molecule has 1 heterocycles. The number of anilines is 1. The summed E-state index contributed by atoms with van der Waals surface area (Å²) in [5.74, 6) is -0.461. The van der Waals surface area contributed by atoms with E-state index in [2.05, 4.69) is 34.0 Å². The van der Waals surface area contributed by atoms with Crippen molar-refractivity contribution in [3.8, 4) is 11.3 Å². The zero-order valence-corrected chi connectivity index (χ0v) is 21.0. The standard InChI is InChI=1S/C26H31FN4O2S/c1-16(2)15-31-22(20-9-11-21(27)12-10-20)13-29-26(31)34-19(5)25(33)28-14-23(32)30-24-17(3)7-6-8-18(24)4/h6-13,16,19H,14-15H2,1-5H3,(H,28,33)(H,30,32). The minimum absolute atomic E-state index is 0.112. The van der Waals surface area contributed by atoms with E-state index in [0.29, 0.717) is 17.6 Å². The lowest BCUT2D eigenvalue weighted by atomic mass is 10.1. The van der Waals surface area contributed by atoms with Crippen molar-refractivity contribution in [1.82, 2.24) is 14.9 Å². The molecular formula is C26H31FN4O2S. The third-order valence-corrected chi connectivity index (χ3v) is 6.43. The van der Waals surface area contributed by atoms with Gasteiger partial charge in [0.2, 0.25) is 11.8 Å². The molecule has 0 aliphatic rings. The van der Waals surface area contributed by atoms with Gasteiger partial charge in [0.1, 0.15) is 5.82 Å². The van der Waals surface area contributed by atoms with Crippen LogP contribution in [0, 0.1) is 25.6 Å². The first-order valence-corrected chi connectivity index (χ1v) is 12.2. The largest absolute Gasteiger partial charge is 0.346 e. The van der Waals surface area contributed by atoms with Gasteiger partial charge >= 0.3 is 0 Å². The molecule has 6 nitrogen and oxygen atoms in total. The number of aryl methyl sites for hydroxylation is 2. The molecule has 1 unspecified atom stereocenters. The van der Waals surface area contributed by atoms with Gasteiger partial charge in [-0.3, -0.25) is 9.59 Å². The predicted octanol–water partition coefficient (Wildman–Crippen LogP) is 5.20. The Morgan fingerprint density at radius 1 is 1.06 bits per heavy atom. The Labute approximate surface area is 204 Å². The van der Waals surface area contributed by atoms with Crippen LogP contribution in [0.15, 0.2) is 53.8 Å². The van der Waals surface area contributed by atoms with E-state index in [1.807, 2.05) is 32.0 Å². The first kappa shape index (κ1) is 25.5. The number of nitrogens with zero attached hydrogens (tertiary/aromatic N) is 2. The third-order valence-electron chi connectivity index (χ3n) is 5.33. The van der Waals surface area contributed by atoms with Gasteiger partial charge < -0.3 is 15.2 Å². The minimum Gasteiger partial charge on any atom is -0.346 e. The lowest BCUT2D eigenvalue weighted by Gasteiger charge is -2.17. The topological polar surface area (TPSA) is 76.0 Å². The van der Waals surface area contributed by atoms with Crippen molar-refractivity contribution in [3.63, 3.8) is 0 Å². The van der Waals surface area contributed by atoms with E-state index in [4.69, 9.17) is 0 Å². The molecule has 8 heteroatoms. The number of imidazole rings is 1. The normalized spacial score (nSPS) is 12.0. The summed E-state index contributed by atoms with van der Waals surface area (Å²) in [6.45, 7) is 10.5. The number of carbonyl (C=O) groups is 2. The van der Waals surface area contributed by atoms with Gasteiger partial charge in [0, 0.05) is 12.2 Å². The van der Waals surface area contributed by atoms with E-state index < -0.39 is 5.25 Å². The molecule has 1 atom stereocenters. The van der Waals surface area contributed by atoms with E-state index in [-0.39, 0.29) is 24.2 Å². The third kappa shape index (κ3) is 6.47. The molecular weight excluding hydrogens is 451 g/mol. The predicted molar refractivity (Wildman–Crippen MR) is 135 cm³/mol. The van der Waals surface area contributed by atoms with E-state index >= 15 is 0 Å². The maximum atomic E-state index is 13.4. The Morgan fingerprint density at radius 2 is 1.71 bits per heavy atom. The van der Waals surface area contributed by atoms with Crippen LogP contribution in [0.5, 0.6) is 0 Å². The SMILES string of the molecule is Cc1cccc(C)c1NC(=O)CNC(=O)C(C)Sc1ncc(-c2ccc(F)cc2)n1CC(C)C. The van der Waals surface area contributed by atoms with Gasteiger partial charge in [0.25, 0.3) is 0 Å². The van der Waals surface area contributed by atoms with Crippen LogP contribution in [-0.4, -0.2) is 33.2 Å². The van der Waals surface area contributed by atoms with Crippen LogP contribution < -0.4 is 10.6 Å². The van der Waals surface area contributed by atoms with E-state index in [9.17, 15) is 14.0 Å². The van der Waals surface area contributed by atoms with Crippen LogP contribution in [0.3, 0.4) is 0 Å². The number of aromatic nitrogens is 2. The summed E-state index contributed by atoms with van der Waals surface area (Å²) in [7, 11) is 0. The highest BCUT2D eigenvalue weighted by atomic mass is 32.2. The molecule has 0 saturated heterocycles. The fourth-order valence-corrected chi connectivity index (χ4v) is 4.48. The number of amides is 2. The number of nitrogens with one attached hydrogen (secondary N) is 2. The fourth-order valence-electron chi connectivity index (χ4n) is 3.56. The number of thioether (sulfide) groups is 1. The molecule has 0 aliphatic heterocycles. The molecule has 2 amide bonds. The number of hydrogen-bond donors (Lipinski definition) is 2. The summed E-state index contributed by atoms with van der Waals surface area (Å²) in [5.41, 5.74) is 4.45. The number of hydrogen-bond acceptors (Lipinski definition) is 4. The Balaban J connectivity index is 1.65. The lowest BCUT2D eigenvalue weighted by Crippen LogP contribution is -2.37. The van der Waals surface area contributed by atoms with Gasteiger partial charge in [-0.05, 0) is 67.6 Å². The van der Waals surface area contributed by atoms with E-state index in [0.717, 1.165) is 28.1 Å². The first-order chi connectivity index (χ1) is 16.2. The maximum Gasteiger partial charge on any atom is 0.243 e. The summed E-state index contributed by atoms with van der Waals surface area (Å²) in [5, 5.41) is 5.84. The van der Waals surface area contributed by atoms with Crippen molar-refractivity contribution >= 4 is 29.3 Å². The number of carbonyl (C=O) groups excluding carboxylic acids is 2.